The van der Waals surface area contributed by atoms with Crippen LogP contribution in [0, 0.1) is 11.3 Å². The molecule has 0 saturated heterocycles. The van der Waals surface area contributed by atoms with Gasteiger partial charge in [0.05, 0.1) is 6.07 Å². The molecule has 0 bridgehead atoms. The quantitative estimate of drug-likeness (QED) is 0.433. The SMILES string of the molecule is C=C(Cl)OC(=O)CC#N. The lowest BCUT2D eigenvalue weighted by molar-refractivity contribution is -0.137. The van der Waals surface area contributed by atoms with Gasteiger partial charge in [-0.2, -0.15) is 5.26 Å². The zero-order valence-electron chi connectivity index (χ0n) is 4.56. The number of ether oxygens (including phenoxy) is 1. The number of carbonyl (C=O) groups is 1. The van der Waals surface area contributed by atoms with Crippen LogP contribution in [-0.4, -0.2) is 5.97 Å². The number of hydrogen-bond acceptors (Lipinski definition) is 3. The van der Waals surface area contributed by atoms with Crippen LogP contribution in [0.5, 0.6) is 0 Å². The largest absolute Gasteiger partial charge is 0.414 e. The van der Waals surface area contributed by atoms with Crippen LogP contribution >= 0.6 is 11.6 Å². The van der Waals surface area contributed by atoms with Gasteiger partial charge in [0.1, 0.15) is 6.42 Å². The minimum atomic E-state index is -0.683. The van der Waals surface area contributed by atoms with E-state index in [1.54, 1.807) is 6.07 Å². The molecule has 0 spiro atoms. The summed E-state index contributed by atoms with van der Waals surface area (Å²) in [6, 6.07) is 1.60. The number of nitriles is 1. The fraction of sp³-hybridized carbons (Fsp3) is 0.200. The Morgan fingerprint density at radius 2 is 2.44 bits per heavy atom. The topological polar surface area (TPSA) is 50.1 Å². The summed E-state index contributed by atoms with van der Waals surface area (Å²) >= 11 is 5.06. The summed E-state index contributed by atoms with van der Waals surface area (Å²) in [5.74, 6) is -0.683. The molecular weight excluding hydrogens is 142 g/mol. The second-order valence-electron chi connectivity index (χ2n) is 1.16. The first-order valence-electron chi connectivity index (χ1n) is 2.09. The second kappa shape index (κ2) is 3.93. The van der Waals surface area contributed by atoms with Crippen molar-refractivity contribution in [3.05, 3.63) is 11.8 Å². The lowest BCUT2D eigenvalue weighted by Crippen LogP contribution is -1.98. The van der Waals surface area contributed by atoms with Crippen LogP contribution in [0.1, 0.15) is 6.42 Å². The monoisotopic (exact) mass is 145 g/mol. The van der Waals surface area contributed by atoms with Gasteiger partial charge in [-0.1, -0.05) is 0 Å². The molecule has 0 radical (unpaired) electrons. The van der Waals surface area contributed by atoms with E-state index in [0.717, 1.165) is 0 Å². The van der Waals surface area contributed by atoms with Crippen molar-refractivity contribution in [3.63, 3.8) is 0 Å². The molecule has 9 heavy (non-hydrogen) atoms. The lowest BCUT2D eigenvalue weighted by Gasteiger charge is -1.93. The molecular formula is C5H4ClNO2. The van der Waals surface area contributed by atoms with Gasteiger partial charge < -0.3 is 4.74 Å². The maximum atomic E-state index is 10.3. The minimum absolute atomic E-state index is 0.213. The van der Waals surface area contributed by atoms with Gasteiger partial charge in [-0.05, 0) is 18.2 Å². The second-order valence-corrected chi connectivity index (χ2v) is 1.59. The number of nitrogens with zero attached hydrogens (tertiary/aromatic N) is 1. The van der Waals surface area contributed by atoms with Crippen molar-refractivity contribution in [3.8, 4) is 6.07 Å². The van der Waals surface area contributed by atoms with Gasteiger partial charge in [-0.15, -0.1) is 0 Å². The summed E-state index contributed by atoms with van der Waals surface area (Å²) in [7, 11) is 0. The first kappa shape index (κ1) is 7.99. The Bertz CT molecular complexity index is 170. The standard InChI is InChI=1S/C5H4ClNO2/c1-4(6)9-5(8)2-3-7/h1-2H2. The molecule has 0 unspecified atom stereocenters. The maximum absolute atomic E-state index is 10.3. The van der Waals surface area contributed by atoms with E-state index in [2.05, 4.69) is 11.3 Å². The van der Waals surface area contributed by atoms with E-state index in [-0.39, 0.29) is 11.6 Å². The predicted molar refractivity (Wildman–Crippen MR) is 31.3 cm³/mol. The van der Waals surface area contributed by atoms with E-state index in [1.165, 1.54) is 0 Å². The molecule has 0 aromatic carbocycles. The number of hydrogen-bond donors (Lipinski definition) is 0. The molecule has 0 rings (SSSR count). The van der Waals surface area contributed by atoms with Crippen LogP contribution in [0.3, 0.4) is 0 Å². The van der Waals surface area contributed by atoms with E-state index in [0.29, 0.717) is 0 Å². The summed E-state index contributed by atoms with van der Waals surface area (Å²) in [6.45, 7) is 3.09. The van der Waals surface area contributed by atoms with Gasteiger partial charge in [0.25, 0.3) is 0 Å². The highest BCUT2D eigenvalue weighted by Crippen LogP contribution is 1.99. The van der Waals surface area contributed by atoms with E-state index < -0.39 is 5.97 Å². The Balaban J connectivity index is 3.54. The summed E-state index contributed by atoms with van der Waals surface area (Å²) in [4.78, 5) is 10.3. The third-order valence-electron chi connectivity index (χ3n) is 0.448. The Morgan fingerprint density at radius 1 is 1.89 bits per heavy atom. The summed E-state index contributed by atoms with van der Waals surface area (Å²) in [5.41, 5.74) is 0. The van der Waals surface area contributed by atoms with Crippen LogP contribution in [0.2, 0.25) is 0 Å². The van der Waals surface area contributed by atoms with Crippen LogP contribution in [0.25, 0.3) is 0 Å². The molecule has 0 aliphatic carbocycles. The molecule has 0 heterocycles. The first-order valence-corrected chi connectivity index (χ1v) is 2.46. The lowest BCUT2D eigenvalue weighted by atomic mass is 10.5. The summed E-state index contributed by atoms with van der Waals surface area (Å²) in [6.07, 6.45) is -0.300. The molecule has 0 fully saturated rings. The van der Waals surface area contributed by atoms with Crippen molar-refractivity contribution in [2.45, 2.75) is 6.42 Å². The van der Waals surface area contributed by atoms with E-state index >= 15 is 0 Å². The Labute approximate surface area is 57.5 Å². The Morgan fingerprint density at radius 3 is 2.78 bits per heavy atom. The normalized spacial score (nSPS) is 7.56. The molecule has 0 aliphatic rings. The molecule has 0 saturated carbocycles. The predicted octanol–water partition coefficient (Wildman–Crippen LogP) is 1.15. The van der Waals surface area contributed by atoms with Gasteiger partial charge in [0, 0.05) is 0 Å². The molecule has 48 valence electrons. The highest BCUT2D eigenvalue weighted by molar-refractivity contribution is 6.28. The molecule has 0 aromatic heterocycles. The summed E-state index contributed by atoms with van der Waals surface area (Å²) < 4.78 is 4.20. The first-order chi connectivity index (χ1) is 4.16. The molecule has 0 amide bonds. The number of esters is 1. The molecule has 3 nitrogen and oxygen atoms in total. The van der Waals surface area contributed by atoms with Gasteiger partial charge in [-0.3, -0.25) is 4.79 Å². The number of carbonyl (C=O) groups excluding carboxylic acids is 1. The van der Waals surface area contributed by atoms with Crippen molar-refractivity contribution in [2.75, 3.05) is 0 Å². The van der Waals surface area contributed by atoms with Crippen molar-refractivity contribution in [2.24, 2.45) is 0 Å². The average Bonchev–Trinajstić information content (AvgIpc) is 1.63. The van der Waals surface area contributed by atoms with Crippen molar-refractivity contribution < 1.29 is 9.53 Å². The Kier molecular flexibility index (Phi) is 3.49. The van der Waals surface area contributed by atoms with Gasteiger partial charge in [-0.25, -0.2) is 0 Å². The van der Waals surface area contributed by atoms with Crippen LogP contribution in [0.15, 0.2) is 11.8 Å². The average molecular weight is 146 g/mol. The third kappa shape index (κ3) is 4.85. The number of halogens is 1. The van der Waals surface area contributed by atoms with Crippen molar-refractivity contribution >= 4 is 17.6 Å². The molecule has 0 N–H and O–H groups in total. The highest BCUT2D eigenvalue weighted by Gasteiger charge is 2.00. The zero-order valence-corrected chi connectivity index (χ0v) is 5.31. The van der Waals surface area contributed by atoms with Crippen LogP contribution in [0.4, 0.5) is 0 Å². The van der Waals surface area contributed by atoms with E-state index in [9.17, 15) is 4.79 Å². The highest BCUT2D eigenvalue weighted by atomic mass is 35.5. The molecule has 0 atom stereocenters. The van der Waals surface area contributed by atoms with Gasteiger partial charge in [0.15, 0.2) is 5.22 Å². The summed E-state index contributed by atoms with van der Waals surface area (Å²) in [5, 5.41) is 7.71. The smallest absolute Gasteiger partial charge is 0.326 e. The fourth-order valence-electron chi connectivity index (χ4n) is 0.224. The van der Waals surface area contributed by atoms with Crippen molar-refractivity contribution in [1.82, 2.24) is 0 Å². The van der Waals surface area contributed by atoms with Gasteiger partial charge >= 0.3 is 5.97 Å². The van der Waals surface area contributed by atoms with Gasteiger partial charge in [0.2, 0.25) is 0 Å². The Hall–Kier alpha value is -1.01. The third-order valence-corrected chi connectivity index (χ3v) is 0.525. The van der Waals surface area contributed by atoms with Crippen LogP contribution < -0.4 is 0 Å². The molecule has 4 heteroatoms. The fourth-order valence-corrected chi connectivity index (χ4v) is 0.310. The number of rotatable bonds is 2. The van der Waals surface area contributed by atoms with E-state index in [1.807, 2.05) is 0 Å². The van der Waals surface area contributed by atoms with Crippen molar-refractivity contribution in [1.29, 1.82) is 5.26 Å². The van der Waals surface area contributed by atoms with Crippen LogP contribution in [-0.2, 0) is 9.53 Å². The maximum Gasteiger partial charge on any atom is 0.326 e. The molecule has 0 aromatic rings. The minimum Gasteiger partial charge on any atom is -0.414 e. The zero-order chi connectivity index (χ0) is 7.28. The van der Waals surface area contributed by atoms with E-state index in [4.69, 9.17) is 16.9 Å². The molecule has 0 aliphatic heterocycles.